The fourth-order valence-corrected chi connectivity index (χ4v) is 2.50. The summed E-state index contributed by atoms with van der Waals surface area (Å²) in [4.78, 5) is 24.1. The Morgan fingerprint density at radius 3 is 1.77 bits per heavy atom. The highest BCUT2D eigenvalue weighted by atomic mass is 16.5. The second kappa shape index (κ2) is 7.34. The minimum absolute atomic E-state index is 0.0765. The van der Waals surface area contributed by atoms with Gasteiger partial charge in [-0.05, 0) is 31.6 Å². The van der Waals surface area contributed by atoms with Crippen molar-refractivity contribution in [2.45, 2.75) is 68.4 Å². The van der Waals surface area contributed by atoms with E-state index >= 15 is 0 Å². The van der Waals surface area contributed by atoms with Crippen molar-refractivity contribution in [1.82, 2.24) is 10.6 Å². The van der Waals surface area contributed by atoms with Gasteiger partial charge in [-0.2, -0.15) is 0 Å². The Labute approximate surface area is 135 Å². The summed E-state index contributed by atoms with van der Waals surface area (Å²) in [5.74, 6) is -0.224. The molecule has 0 saturated heterocycles. The largest absolute Gasteiger partial charge is 0.463 e. The van der Waals surface area contributed by atoms with Crippen molar-refractivity contribution >= 4 is 12.0 Å². The molecule has 2 amide bonds. The Bertz CT molecular complexity index is 376. The molecule has 0 fully saturated rings. The summed E-state index contributed by atoms with van der Waals surface area (Å²) in [5.41, 5.74) is -1.09. The van der Waals surface area contributed by atoms with E-state index in [0.29, 0.717) is 6.54 Å². The zero-order valence-electron chi connectivity index (χ0n) is 15.7. The number of carbonyl (C=O) groups excluding carboxylic acids is 2. The summed E-state index contributed by atoms with van der Waals surface area (Å²) in [6.45, 7) is 18.5. The second-order valence-corrected chi connectivity index (χ2v) is 8.32. The molecular formula is C17H34N2O3. The fraction of sp³-hybridized carbons (Fsp3) is 0.882. The van der Waals surface area contributed by atoms with E-state index in [-0.39, 0.29) is 35.5 Å². The van der Waals surface area contributed by atoms with Gasteiger partial charge in [0.05, 0.1) is 12.0 Å². The van der Waals surface area contributed by atoms with E-state index in [2.05, 4.69) is 10.6 Å². The standard InChI is InChI=1S/C17H34N2O3/c1-12(2)19-14(21)18-10-11-22-13(20)17(9,15(3,4)5)16(6,7)8/h12H,10-11H2,1-9H3,(H2,18,19,21). The molecule has 0 bridgehead atoms. The predicted octanol–water partition coefficient (Wildman–Crippen LogP) is 3.34. The zero-order chi connectivity index (χ0) is 17.8. The average Bonchev–Trinajstić information content (AvgIpc) is 2.29. The molecule has 0 aliphatic carbocycles. The predicted molar refractivity (Wildman–Crippen MR) is 89.6 cm³/mol. The Hall–Kier alpha value is -1.26. The Balaban J connectivity index is 4.61. The van der Waals surface area contributed by atoms with Gasteiger partial charge in [0.2, 0.25) is 0 Å². The van der Waals surface area contributed by atoms with Crippen molar-refractivity contribution in [1.29, 1.82) is 0 Å². The zero-order valence-corrected chi connectivity index (χ0v) is 15.7. The molecule has 0 aliphatic rings. The molecule has 0 unspecified atom stereocenters. The van der Waals surface area contributed by atoms with Gasteiger partial charge in [-0.3, -0.25) is 4.79 Å². The molecule has 0 aromatic heterocycles. The minimum Gasteiger partial charge on any atom is -0.463 e. The van der Waals surface area contributed by atoms with Gasteiger partial charge in [0, 0.05) is 6.04 Å². The van der Waals surface area contributed by atoms with Crippen LogP contribution in [0.15, 0.2) is 0 Å². The van der Waals surface area contributed by atoms with E-state index in [1.54, 1.807) is 0 Å². The van der Waals surface area contributed by atoms with Gasteiger partial charge in [-0.25, -0.2) is 4.79 Å². The lowest BCUT2D eigenvalue weighted by Gasteiger charge is -2.48. The molecule has 0 heterocycles. The highest BCUT2D eigenvalue weighted by Gasteiger charge is 2.53. The summed E-state index contributed by atoms with van der Waals surface area (Å²) < 4.78 is 5.43. The maximum absolute atomic E-state index is 12.6. The average molecular weight is 314 g/mol. The third kappa shape index (κ3) is 5.18. The molecule has 5 heteroatoms. The first kappa shape index (κ1) is 20.7. The second-order valence-electron chi connectivity index (χ2n) is 8.32. The molecule has 0 atom stereocenters. The molecule has 0 aliphatic heterocycles. The fourth-order valence-electron chi connectivity index (χ4n) is 2.50. The van der Waals surface area contributed by atoms with Crippen molar-refractivity contribution in [3.63, 3.8) is 0 Å². The minimum atomic E-state index is -0.625. The lowest BCUT2D eigenvalue weighted by Crippen LogP contribution is -2.51. The van der Waals surface area contributed by atoms with Crippen molar-refractivity contribution in [3.8, 4) is 0 Å². The molecule has 130 valence electrons. The van der Waals surface area contributed by atoms with Crippen molar-refractivity contribution in [2.75, 3.05) is 13.2 Å². The summed E-state index contributed by atoms with van der Waals surface area (Å²) in [6, 6.07) is -0.173. The van der Waals surface area contributed by atoms with Crippen LogP contribution in [0.4, 0.5) is 4.79 Å². The van der Waals surface area contributed by atoms with Gasteiger partial charge in [0.15, 0.2) is 0 Å². The van der Waals surface area contributed by atoms with E-state index in [9.17, 15) is 9.59 Å². The number of ether oxygens (including phenoxy) is 1. The number of hydrogen-bond acceptors (Lipinski definition) is 3. The van der Waals surface area contributed by atoms with Crippen molar-refractivity contribution in [2.24, 2.45) is 16.2 Å². The summed E-state index contributed by atoms with van der Waals surface area (Å²) in [7, 11) is 0. The number of amides is 2. The summed E-state index contributed by atoms with van der Waals surface area (Å²) in [6.07, 6.45) is 0. The van der Waals surface area contributed by atoms with Crippen LogP contribution in [0.5, 0.6) is 0 Å². The molecule has 0 aromatic rings. The van der Waals surface area contributed by atoms with Crippen LogP contribution < -0.4 is 10.6 Å². The lowest BCUT2D eigenvalue weighted by atomic mass is 9.55. The molecule has 0 aromatic carbocycles. The van der Waals surface area contributed by atoms with Gasteiger partial charge in [-0.15, -0.1) is 0 Å². The molecule has 0 rings (SSSR count). The molecule has 0 saturated carbocycles. The van der Waals surface area contributed by atoms with Gasteiger partial charge < -0.3 is 15.4 Å². The van der Waals surface area contributed by atoms with E-state index < -0.39 is 5.41 Å². The van der Waals surface area contributed by atoms with Crippen LogP contribution in [0.25, 0.3) is 0 Å². The van der Waals surface area contributed by atoms with Crippen molar-refractivity contribution < 1.29 is 14.3 Å². The van der Waals surface area contributed by atoms with E-state index in [0.717, 1.165) is 0 Å². The molecule has 0 radical (unpaired) electrons. The molecule has 2 N–H and O–H groups in total. The molecular weight excluding hydrogens is 280 g/mol. The van der Waals surface area contributed by atoms with Crippen molar-refractivity contribution in [3.05, 3.63) is 0 Å². The highest BCUT2D eigenvalue weighted by molar-refractivity contribution is 5.78. The van der Waals surface area contributed by atoms with Gasteiger partial charge >= 0.3 is 12.0 Å². The third-order valence-electron chi connectivity index (χ3n) is 4.45. The normalized spacial score (nSPS) is 13.0. The monoisotopic (exact) mass is 314 g/mol. The third-order valence-corrected chi connectivity index (χ3v) is 4.45. The van der Waals surface area contributed by atoms with Gasteiger partial charge in [-0.1, -0.05) is 41.5 Å². The molecule has 0 spiro atoms. The maximum atomic E-state index is 12.6. The smallest absolute Gasteiger partial charge is 0.315 e. The van der Waals surface area contributed by atoms with E-state index in [1.807, 2.05) is 62.3 Å². The quantitative estimate of drug-likeness (QED) is 0.604. The Morgan fingerprint density at radius 1 is 0.955 bits per heavy atom. The van der Waals surface area contributed by atoms with Crippen LogP contribution in [0.1, 0.15) is 62.3 Å². The lowest BCUT2D eigenvalue weighted by molar-refractivity contribution is -0.172. The number of nitrogens with one attached hydrogen (secondary N) is 2. The SMILES string of the molecule is CC(C)NC(=O)NCCOC(=O)C(C)(C(C)(C)C)C(C)(C)C. The number of hydrogen-bond donors (Lipinski definition) is 2. The first-order valence-corrected chi connectivity index (χ1v) is 7.95. The van der Waals surface area contributed by atoms with Crippen LogP contribution in [-0.4, -0.2) is 31.2 Å². The summed E-state index contributed by atoms with van der Waals surface area (Å²) in [5, 5.41) is 5.39. The van der Waals surface area contributed by atoms with Crippen LogP contribution in [-0.2, 0) is 9.53 Å². The molecule has 5 nitrogen and oxygen atoms in total. The first-order chi connectivity index (χ1) is 9.73. The number of esters is 1. The first-order valence-electron chi connectivity index (χ1n) is 7.95. The van der Waals surface area contributed by atoms with Gasteiger partial charge in [0.25, 0.3) is 0 Å². The van der Waals surface area contributed by atoms with Crippen LogP contribution >= 0.6 is 0 Å². The topological polar surface area (TPSA) is 67.4 Å². The number of urea groups is 1. The number of carbonyl (C=O) groups is 2. The van der Waals surface area contributed by atoms with Crippen LogP contribution in [0, 0.1) is 16.2 Å². The highest BCUT2D eigenvalue weighted by Crippen LogP contribution is 2.51. The number of rotatable bonds is 5. The maximum Gasteiger partial charge on any atom is 0.315 e. The van der Waals surface area contributed by atoms with E-state index in [4.69, 9.17) is 4.74 Å². The van der Waals surface area contributed by atoms with Gasteiger partial charge in [0.1, 0.15) is 6.61 Å². The van der Waals surface area contributed by atoms with Crippen LogP contribution in [0.2, 0.25) is 0 Å². The Morgan fingerprint density at radius 2 is 1.41 bits per heavy atom. The summed E-state index contributed by atoms with van der Waals surface area (Å²) >= 11 is 0. The Kier molecular flexibility index (Phi) is 6.92. The van der Waals surface area contributed by atoms with Crippen LogP contribution in [0.3, 0.4) is 0 Å². The molecule has 22 heavy (non-hydrogen) atoms. The van der Waals surface area contributed by atoms with E-state index in [1.165, 1.54) is 0 Å².